The SMILES string of the molecule is CCNC(=O)Nc1cc2c(-c3ccncc3)ccc(CNC(=O)CC3CC3)c2cn1. The maximum atomic E-state index is 12.1. The lowest BCUT2D eigenvalue weighted by Gasteiger charge is -2.14. The van der Waals surface area contributed by atoms with Gasteiger partial charge in [0.25, 0.3) is 0 Å². The van der Waals surface area contributed by atoms with Crippen molar-refractivity contribution in [1.29, 1.82) is 0 Å². The van der Waals surface area contributed by atoms with Gasteiger partial charge in [-0.05, 0) is 66.0 Å². The first kappa shape index (κ1) is 19.8. The van der Waals surface area contributed by atoms with E-state index in [1.54, 1.807) is 18.6 Å². The van der Waals surface area contributed by atoms with E-state index >= 15 is 0 Å². The minimum atomic E-state index is -0.293. The van der Waals surface area contributed by atoms with E-state index in [0.29, 0.717) is 31.2 Å². The highest BCUT2D eigenvalue weighted by molar-refractivity contribution is 6.00. The van der Waals surface area contributed by atoms with Crippen LogP contribution in [0.2, 0.25) is 0 Å². The number of pyridine rings is 2. The summed E-state index contributed by atoms with van der Waals surface area (Å²) in [6.07, 6.45) is 8.17. The van der Waals surface area contributed by atoms with Gasteiger partial charge >= 0.3 is 6.03 Å². The molecule has 7 heteroatoms. The van der Waals surface area contributed by atoms with E-state index in [2.05, 4.69) is 25.9 Å². The largest absolute Gasteiger partial charge is 0.352 e. The van der Waals surface area contributed by atoms with Crippen LogP contribution in [0.1, 0.15) is 31.7 Å². The topological polar surface area (TPSA) is 96.0 Å². The van der Waals surface area contributed by atoms with E-state index in [9.17, 15) is 9.59 Å². The standard InChI is InChI=1S/C23H25N5O2/c1-2-25-23(30)28-21-12-19-18(16-7-9-24-10-8-16)6-5-17(20(19)14-26-21)13-27-22(29)11-15-3-4-15/h5-10,12,14-15H,2-4,11,13H2,1H3,(H,27,29)(H2,25,26,28,30). The molecule has 154 valence electrons. The predicted molar refractivity (Wildman–Crippen MR) is 117 cm³/mol. The Morgan fingerprint density at radius 1 is 1.07 bits per heavy atom. The van der Waals surface area contributed by atoms with Crippen LogP contribution in [0.3, 0.4) is 0 Å². The average molecular weight is 403 g/mol. The van der Waals surface area contributed by atoms with Gasteiger partial charge in [0.15, 0.2) is 0 Å². The molecule has 0 unspecified atom stereocenters. The van der Waals surface area contributed by atoms with Crippen LogP contribution in [0.4, 0.5) is 10.6 Å². The molecule has 1 fully saturated rings. The summed E-state index contributed by atoms with van der Waals surface area (Å²) in [7, 11) is 0. The third-order valence-corrected chi connectivity index (χ3v) is 5.21. The van der Waals surface area contributed by atoms with Crippen LogP contribution >= 0.6 is 0 Å². The van der Waals surface area contributed by atoms with Crippen LogP contribution in [0.25, 0.3) is 21.9 Å². The van der Waals surface area contributed by atoms with Crippen LogP contribution in [-0.4, -0.2) is 28.5 Å². The zero-order valence-corrected chi connectivity index (χ0v) is 16.9. The fraction of sp³-hybridized carbons (Fsp3) is 0.304. The highest BCUT2D eigenvalue weighted by atomic mass is 16.2. The van der Waals surface area contributed by atoms with E-state index in [1.165, 1.54) is 0 Å². The van der Waals surface area contributed by atoms with Gasteiger partial charge in [-0.1, -0.05) is 12.1 Å². The average Bonchev–Trinajstić information content (AvgIpc) is 3.56. The van der Waals surface area contributed by atoms with Crippen molar-refractivity contribution in [2.45, 2.75) is 32.7 Å². The summed E-state index contributed by atoms with van der Waals surface area (Å²) < 4.78 is 0. The Balaban J connectivity index is 1.67. The number of fused-ring (bicyclic) bond motifs is 1. The van der Waals surface area contributed by atoms with Crippen molar-refractivity contribution in [1.82, 2.24) is 20.6 Å². The second-order valence-electron chi connectivity index (χ2n) is 7.53. The Morgan fingerprint density at radius 3 is 2.60 bits per heavy atom. The molecule has 0 atom stereocenters. The molecule has 1 aromatic carbocycles. The molecule has 0 spiro atoms. The van der Waals surface area contributed by atoms with E-state index in [1.807, 2.05) is 37.3 Å². The van der Waals surface area contributed by atoms with Crippen molar-refractivity contribution < 1.29 is 9.59 Å². The molecule has 0 saturated heterocycles. The van der Waals surface area contributed by atoms with Crippen molar-refractivity contribution in [2.24, 2.45) is 5.92 Å². The number of rotatable bonds is 7. The summed E-state index contributed by atoms with van der Waals surface area (Å²) in [5, 5.41) is 10.4. The van der Waals surface area contributed by atoms with Gasteiger partial charge in [-0.25, -0.2) is 9.78 Å². The normalized spacial score (nSPS) is 13.1. The molecule has 0 bridgehead atoms. The number of benzene rings is 1. The van der Waals surface area contributed by atoms with Gasteiger partial charge in [0.1, 0.15) is 5.82 Å². The van der Waals surface area contributed by atoms with Crippen LogP contribution < -0.4 is 16.0 Å². The molecule has 30 heavy (non-hydrogen) atoms. The maximum Gasteiger partial charge on any atom is 0.320 e. The molecule has 1 aliphatic rings. The number of aromatic nitrogens is 2. The minimum Gasteiger partial charge on any atom is -0.352 e. The summed E-state index contributed by atoms with van der Waals surface area (Å²) in [4.78, 5) is 32.6. The van der Waals surface area contributed by atoms with Gasteiger partial charge in [-0.2, -0.15) is 0 Å². The summed E-state index contributed by atoms with van der Waals surface area (Å²) in [5.41, 5.74) is 3.03. The van der Waals surface area contributed by atoms with Crippen molar-refractivity contribution in [3.05, 3.63) is 54.5 Å². The molecular weight excluding hydrogens is 378 g/mol. The Morgan fingerprint density at radius 2 is 1.87 bits per heavy atom. The fourth-order valence-corrected chi connectivity index (χ4v) is 3.47. The molecule has 3 amide bonds. The Bertz CT molecular complexity index is 1060. The Labute approximate surface area is 175 Å². The molecule has 3 aromatic rings. The van der Waals surface area contributed by atoms with Crippen molar-refractivity contribution >= 4 is 28.5 Å². The summed E-state index contributed by atoms with van der Waals surface area (Å²) in [5.74, 6) is 1.12. The second kappa shape index (κ2) is 8.90. The molecular formula is C23H25N5O2. The van der Waals surface area contributed by atoms with Gasteiger partial charge in [-0.3, -0.25) is 15.1 Å². The first-order chi connectivity index (χ1) is 14.6. The Kier molecular flexibility index (Phi) is 5.88. The van der Waals surface area contributed by atoms with Gasteiger partial charge < -0.3 is 10.6 Å². The summed E-state index contributed by atoms with van der Waals surface area (Å²) in [6, 6.07) is 9.53. The number of nitrogens with one attached hydrogen (secondary N) is 3. The Hall–Kier alpha value is -3.48. The van der Waals surface area contributed by atoms with Gasteiger partial charge in [0.05, 0.1) is 0 Å². The van der Waals surface area contributed by atoms with Crippen molar-refractivity contribution in [2.75, 3.05) is 11.9 Å². The molecule has 7 nitrogen and oxygen atoms in total. The number of carbonyl (C=O) groups excluding carboxylic acids is 2. The molecule has 2 heterocycles. The molecule has 3 N–H and O–H groups in total. The van der Waals surface area contributed by atoms with Crippen LogP contribution in [0.15, 0.2) is 48.9 Å². The third-order valence-electron chi connectivity index (χ3n) is 5.21. The number of urea groups is 1. The van der Waals surface area contributed by atoms with Crippen molar-refractivity contribution in [3.63, 3.8) is 0 Å². The lowest BCUT2D eigenvalue weighted by Crippen LogP contribution is -2.28. The maximum absolute atomic E-state index is 12.1. The number of carbonyl (C=O) groups is 2. The first-order valence-electron chi connectivity index (χ1n) is 10.3. The molecule has 0 radical (unpaired) electrons. The number of nitrogens with zero attached hydrogens (tertiary/aromatic N) is 2. The number of hydrogen-bond donors (Lipinski definition) is 3. The van der Waals surface area contributed by atoms with Gasteiger partial charge in [-0.15, -0.1) is 0 Å². The number of anilines is 1. The smallest absolute Gasteiger partial charge is 0.320 e. The monoisotopic (exact) mass is 403 g/mol. The highest BCUT2D eigenvalue weighted by Crippen LogP contribution is 2.33. The predicted octanol–water partition coefficient (Wildman–Crippen LogP) is 3.85. The van der Waals surface area contributed by atoms with E-state index in [0.717, 1.165) is 40.3 Å². The quantitative estimate of drug-likeness (QED) is 0.558. The molecule has 2 aromatic heterocycles. The molecule has 0 aliphatic heterocycles. The third kappa shape index (κ3) is 4.74. The molecule has 1 saturated carbocycles. The minimum absolute atomic E-state index is 0.0892. The zero-order chi connectivity index (χ0) is 20.9. The number of amides is 3. The van der Waals surface area contributed by atoms with Gasteiger partial charge in [0.2, 0.25) is 5.91 Å². The first-order valence-corrected chi connectivity index (χ1v) is 10.3. The summed E-state index contributed by atoms with van der Waals surface area (Å²) in [6.45, 7) is 2.84. The van der Waals surface area contributed by atoms with E-state index < -0.39 is 0 Å². The van der Waals surface area contributed by atoms with Gasteiger partial charge in [0, 0.05) is 43.5 Å². The second-order valence-corrected chi connectivity index (χ2v) is 7.53. The van der Waals surface area contributed by atoms with E-state index in [-0.39, 0.29) is 11.9 Å². The van der Waals surface area contributed by atoms with Crippen LogP contribution in [-0.2, 0) is 11.3 Å². The number of hydrogen-bond acceptors (Lipinski definition) is 4. The lowest BCUT2D eigenvalue weighted by atomic mass is 9.96. The summed E-state index contributed by atoms with van der Waals surface area (Å²) >= 11 is 0. The molecule has 4 rings (SSSR count). The van der Waals surface area contributed by atoms with Crippen LogP contribution in [0, 0.1) is 5.92 Å². The van der Waals surface area contributed by atoms with Crippen LogP contribution in [0.5, 0.6) is 0 Å². The molecule has 1 aliphatic carbocycles. The highest BCUT2D eigenvalue weighted by Gasteiger charge is 2.24. The van der Waals surface area contributed by atoms with Crippen molar-refractivity contribution in [3.8, 4) is 11.1 Å². The fourth-order valence-electron chi connectivity index (χ4n) is 3.47. The lowest BCUT2D eigenvalue weighted by molar-refractivity contribution is -0.121. The van der Waals surface area contributed by atoms with E-state index in [4.69, 9.17) is 0 Å². The zero-order valence-electron chi connectivity index (χ0n) is 16.9.